The predicted molar refractivity (Wildman–Crippen MR) is 106 cm³/mol. The van der Waals surface area contributed by atoms with E-state index in [-0.39, 0.29) is 11.9 Å². The molecular weight excluding hydrogens is 344 g/mol. The molecule has 0 unspecified atom stereocenters. The Morgan fingerprint density at radius 2 is 1.85 bits per heavy atom. The van der Waals surface area contributed by atoms with Gasteiger partial charge in [0.25, 0.3) is 5.91 Å². The molecule has 0 saturated heterocycles. The van der Waals surface area contributed by atoms with Crippen LogP contribution in [0, 0.1) is 0 Å². The van der Waals surface area contributed by atoms with Gasteiger partial charge in [-0.05, 0) is 48.6 Å². The summed E-state index contributed by atoms with van der Waals surface area (Å²) in [5.74, 6) is 0.979. The number of carbonyl (C=O) groups is 1. The van der Waals surface area contributed by atoms with Crippen LogP contribution in [-0.2, 0) is 5.75 Å². The fourth-order valence-electron chi connectivity index (χ4n) is 2.76. The third-order valence-corrected chi connectivity index (χ3v) is 5.09. The summed E-state index contributed by atoms with van der Waals surface area (Å²) < 4.78 is 1.71. The lowest BCUT2D eigenvalue weighted by Gasteiger charge is -2.25. The van der Waals surface area contributed by atoms with Gasteiger partial charge < -0.3 is 4.90 Å². The van der Waals surface area contributed by atoms with Crippen LogP contribution >= 0.6 is 11.8 Å². The molecule has 0 spiro atoms. The second-order valence-electron chi connectivity index (χ2n) is 6.15. The molecule has 3 rings (SSSR count). The number of aromatic nitrogens is 3. The maximum atomic E-state index is 12.8. The maximum absolute atomic E-state index is 12.8. The van der Waals surface area contributed by atoms with Crippen LogP contribution in [0.3, 0.4) is 0 Å². The number of nitrogens with zero attached hydrogens (tertiary/aromatic N) is 4. The summed E-state index contributed by atoms with van der Waals surface area (Å²) in [6.45, 7) is 2.03. The summed E-state index contributed by atoms with van der Waals surface area (Å²) in [4.78, 5) is 18.5. The highest BCUT2D eigenvalue weighted by atomic mass is 32.2. The lowest BCUT2D eigenvalue weighted by atomic mass is 10.1. The van der Waals surface area contributed by atoms with E-state index < -0.39 is 0 Å². The van der Waals surface area contributed by atoms with Gasteiger partial charge in [-0.2, -0.15) is 16.9 Å². The lowest BCUT2D eigenvalue weighted by molar-refractivity contribution is 0.0742. The van der Waals surface area contributed by atoms with Crippen molar-refractivity contribution in [3.63, 3.8) is 0 Å². The SMILES string of the molecule is CSCc1ccc(C(=O)N(C)[C@@H](C)c2ccc(-n3cncn3)cc2)cc1. The minimum Gasteiger partial charge on any atom is -0.335 e. The smallest absolute Gasteiger partial charge is 0.254 e. The first kappa shape index (κ1) is 18.2. The van der Waals surface area contributed by atoms with Crippen LogP contribution in [-0.4, -0.2) is 38.9 Å². The van der Waals surface area contributed by atoms with E-state index in [1.54, 1.807) is 27.7 Å². The van der Waals surface area contributed by atoms with E-state index >= 15 is 0 Å². The van der Waals surface area contributed by atoms with Crippen LogP contribution in [0.25, 0.3) is 5.69 Å². The Kier molecular flexibility index (Phi) is 5.73. The number of rotatable bonds is 6. The van der Waals surface area contributed by atoms with Crippen LogP contribution in [0.2, 0.25) is 0 Å². The lowest BCUT2D eigenvalue weighted by Crippen LogP contribution is -2.29. The standard InChI is InChI=1S/C20H22N4OS/c1-15(17-8-10-19(11-9-17)24-14-21-13-22-24)23(2)20(25)18-6-4-16(5-7-18)12-26-3/h4-11,13-15H,12H2,1-3H3/t15-/m0/s1. The average Bonchev–Trinajstić information content (AvgIpc) is 3.22. The molecule has 0 saturated carbocycles. The Labute approximate surface area is 158 Å². The molecule has 0 radical (unpaired) electrons. The van der Waals surface area contributed by atoms with E-state index in [4.69, 9.17) is 0 Å². The second-order valence-corrected chi connectivity index (χ2v) is 7.02. The van der Waals surface area contributed by atoms with Gasteiger partial charge in [-0.15, -0.1) is 0 Å². The average molecular weight is 366 g/mol. The van der Waals surface area contributed by atoms with E-state index in [0.717, 1.165) is 17.0 Å². The Balaban J connectivity index is 1.72. The van der Waals surface area contributed by atoms with E-state index in [1.165, 1.54) is 11.9 Å². The molecule has 1 aromatic heterocycles. The molecular formula is C20H22N4OS. The number of carbonyl (C=O) groups excluding carboxylic acids is 1. The number of hydrogen-bond donors (Lipinski definition) is 0. The first-order chi connectivity index (χ1) is 12.6. The first-order valence-electron chi connectivity index (χ1n) is 8.40. The minimum atomic E-state index is -0.0295. The Hall–Kier alpha value is -2.60. The van der Waals surface area contributed by atoms with Crippen molar-refractivity contribution >= 4 is 17.7 Å². The van der Waals surface area contributed by atoms with Gasteiger partial charge >= 0.3 is 0 Å². The number of benzene rings is 2. The third kappa shape index (κ3) is 3.96. The summed E-state index contributed by atoms with van der Waals surface area (Å²) in [7, 11) is 1.84. The Morgan fingerprint density at radius 1 is 1.15 bits per heavy atom. The van der Waals surface area contributed by atoms with Crippen molar-refractivity contribution in [1.29, 1.82) is 0 Å². The van der Waals surface area contributed by atoms with E-state index in [0.29, 0.717) is 5.56 Å². The van der Waals surface area contributed by atoms with Crippen molar-refractivity contribution < 1.29 is 4.79 Å². The highest BCUT2D eigenvalue weighted by Crippen LogP contribution is 2.22. The third-order valence-electron chi connectivity index (χ3n) is 4.47. The molecule has 1 atom stereocenters. The molecule has 134 valence electrons. The number of thioether (sulfide) groups is 1. The monoisotopic (exact) mass is 366 g/mol. The molecule has 3 aromatic rings. The van der Waals surface area contributed by atoms with Crippen LogP contribution < -0.4 is 0 Å². The van der Waals surface area contributed by atoms with Gasteiger partial charge in [0.1, 0.15) is 12.7 Å². The van der Waals surface area contributed by atoms with Crippen LogP contribution in [0.5, 0.6) is 0 Å². The van der Waals surface area contributed by atoms with Gasteiger partial charge in [-0.3, -0.25) is 4.79 Å². The summed E-state index contributed by atoms with van der Waals surface area (Å²) in [5.41, 5.74) is 3.96. The van der Waals surface area contributed by atoms with Gasteiger partial charge in [0.15, 0.2) is 0 Å². The van der Waals surface area contributed by atoms with Gasteiger partial charge in [0.2, 0.25) is 0 Å². The van der Waals surface area contributed by atoms with Crippen molar-refractivity contribution in [2.75, 3.05) is 13.3 Å². The van der Waals surface area contributed by atoms with Crippen molar-refractivity contribution in [3.8, 4) is 5.69 Å². The van der Waals surface area contributed by atoms with Crippen LogP contribution in [0.1, 0.15) is 34.5 Å². The summed E-state index contributed by atoms with van der Waals surface area (Å²) in [5, 5.41) is 4.12. The molecule has 2 aromatic carbocycles. The van der Waals surface area contributed by atoms with Crippen LogP contribution in [0.4, 0.5) is 0 Å². The van der Waals surface area contributed by atoms with Crippen molar-refractivity contribution in [1.82, 2.24) is 19.7 Å². The van der Waals surface area contributed by atoms with Crippen molar-refractivity contribution in [3.05, 3.63) is 77.9 Å². The normalized spacial score (nSPS) is 12.0. The molecule has 5 nitrogen and oxygen atoms in total. The van der Waals surface area contributed by atoms with E-state index in [9.17, 15) is 4.79 Å². The minimum absolute atomic E-state index is 0.0218. The Bertz CT molecular complexity index is 845. The van der Waals surface area contributed by atoms with Gasteiger partial charge in [0, 0.05) is 18.4 Å². The zero-order valence-corrected chi connectivity index (χ0v) is 16.0. The van der Waals surface area contributed by atoms with Gasteiger partial charge in [-0.1, -0.05) is 24.3 Å². The number of hydrogen-bond acceptors (Lipinski definition) is 4. The molecule has 0 bridgehead atoms. The van der Waals surface area contributed by atoms with Gasteiger partial charge in [-0.25, -0.2) is 9.67 Å². The predicted octanol–water partition coefficient (Wildman–Crippen LogP) is 3.96. The zero-order valence-electron chi connectivity index (χ0n) is 15.2. The molecule has 0 aliphatic heterocycles. The molecule has 0 fully saturated rings. The topological polar surface area (TPSA) is 51.0 Å². The van der Waals surface area contributed by atoms with Crippen molar-refractivity contribution in [2.24, 2.45) is 0 Å². The molecule has 6 heteroatoms. The fraction of sp³-hybridized carbons (Fsp3) is 0.250. The fourth-order valence-corrected chi connectivity index (χ4v) is 3.29. The maximum Gasteiger partial charge on any atom is 0.254 e. The van der Waals surface area contributed by atoms with Gasteiger partial charge in [0.05, 0.1) is 11.7 Å². The molecule has 0 N–H and O–H groups in total. The molecule has 0 aliphatic rings. The summed E-state index contributed by atoms with van der Waals surface area (Å²) >= 11 is 1.77. The van der Waals surface area contributed by atoms with E-state index in [1.807, 2.05) is 62.5 Å². The largest absolute Gasteiger partial charge is 0.335 e. The molecule has 26 heavy (non-hydrogen) atoms. The highest BCUT2D eigenvalue weighted by Gasteiger charge is 2.19. The Morgan fingerprint density at radius 3 is 2.42 bits per heavy atom. The zero-order chi connectivity index (χ0) is 18.5. The van der Waals surface area contributed by atoms with Crippen molar-refractivity contribution in [2.45, 2.75) is 18.7 Å². The summed E-state index contributed by atoms with van der Waals surface area (Å²) in [6, 6.07) is 15.8. The summed E-state index contributed by atoms with van der Waals surface area (Å²) in [6.07, 6.45) is 5.24. The molecule has 0 aliphatic carbocycles. The van der Waals surface area contributed by atoms with Crippen LogP contribution in [0.15, 0.2) is 61.2 Å². The number of amides is 1. The first-order valence-corrected chi connectivity index (χ1v) is 9.79. The molecule has 1 heterocycles. The highest BCUT2D eigenvalue weighted by molar-refractivity contribution is 7.97. The quantitative estimate of drug-likeness (QED) is 0.662. The molecule has 1 amide bonds. The second kappa shape index (κ2) is 8.19. The van der Waals surface area contributed by atoms with E-state index in [2.05, 4.69) is 16.3 Å².